The topological polar surface area (TPSA) is 98.7 Å². The number of ether oxygens (including phenoxy) is 3. The molecule has 4 fully saturated rings. The number of hydrogen-bond donors (Lipinski definition) is 2. The largest absolute Gasteiger partial charge is 0.432 e. The van der Waals surface area contributed by atoms with Crippen LogP contribution in [-0.2, 0) is 25.5 Å². The number of amides is 1. The molecule has 0 radical (unpaired) electrons. The fourth-order valence-corrected chi connectivity index (χ4v) is 8.15. The molecule has 11 heteroatoms. The van der Waals surface area contributed by atoms with E-state index in [-0.39, 0.29) is 65.9 Å². The Labute approximate surface area is 240 Å². The van der Waals surface area contributed by atoms with E-state index in [2.05, 4.69) is 5.32 Å². The maximum absolute atomic E-state index is 14.3. The minimum Gasteiger partial charge on any atom is -0.432 e. The molecule has 1 aromatic heterocycles. The van der Waals surface area contributed by atoms with Crippen LogP contribution >= 0.6 is 0 Å². The van der Waals surface area contributed by atoms with E-state index in [4.69, 9.17) is 24.0 Å². The van der Waals surface area contributed by atoms with Crippen LogP contribution in [0.1, 0.15) is 70.6 Å². The maximum atomic E-state index is 14.3. The monoisotopic (exact) mass is 585 g/mol. The molecule has 1 heterocycles. The molecule has 4 aliphatic rings. The molecule has 5 rings (SSSR count). The van der Waals surface area contributed by atoms with Crippen LogP contribution in [0.15, 0.2) is 16.9 Å². The number of oxazole rings is 1. The average Bonchev–Trinajstić information content (AvgIpc) is 3.72. The number of methoxy groups -OCH3 is 2. The lowest BCUT2D eigenvalue weighted by Gasteiger charge is -2.44. The van der Waals surface area contributed by atoms with Crippen molar-refractivity contribution >= 4 is 5.91 Å². The molecule has 1 amide bonds. The molecule has 1 aromatic rings. The van der Waals surface area contributed by atoms with Gasteiger partial charge in [0.15, 0.2) is 0 Å². The molecule has 0 spiro atoms. The quantitative estimate of drug-likeness (QED) is 0.378. The van der Waals surface area contributed by atoms with Crippen LogP contribution in [0.25, 0.3) is 0 Å². The van der Waals surface area contributed by atoms with Crippen molar-refractivity contribution in [3.05, 3.63) is 18.1 Å². The fourth-order valence-electron chi connectivity index (χ4n) is 8.15. The second-order valence-electron chi connectivity index (χ2n) is 13.0. The molecule has 4 saturated carbocycles. The zero-order valence-corrected chi connectivity index (χ0v) is 24.2. The number of halogens is 3. The van der Waals surface area contributed by atoms with Crippen molar-refractivity contribution in [1.82, 2.24) is 9.88 Å². The van der Waals surface area contributed by atoms with Gasteiger partial charge in [-0.3, -0.25) is 14.8 Å². The Bertz CT molecular complexity index is 1030. The van der Waals surface area contributed by atoms with Gasteiger partial charge in [-0.25, -0.2) is 4.39 Å². The second kappa shape index (κ2) is 13.6. The van der Waals surface area contributed by atoms with Gasteiger partial charge in [-0.15, -0.1) is 0 Å². The lowest BCUT2D eigenvalue weighted by Crippen LogP contribution is -2.50. The highest BCUT2D eigenvalue weighted by atomic mass is 19.3. The van der Waals surface area contributed by atoms with Gasteiger partial charge in [0.1, 0.15) is 12.4 Å². The summed E-state index contributed by atoms with van der Waals surface area (Å²) in [6.45, 7) is -2.45. The number of alkyl halides is 3. The van der Waals surface area contributed by atoms with Gasteiger partial charge in [0.2, 0.25) is 5.91 Å². The number of rotatable bonds is 11. The summed E-state index contributed by atoms with van der Waals surface area (Å²) in [7, 11) is 3.46. The highest BCUT2D eigenvalue weighted by Crippen LogP contribution is 2.46. The first-order valence-electron chi connectivity index (χ1n) is 15.4. The van der Waals surface area contributed by atoms with Crippen molar-refractivity contribution in [2.24, 2.45) is 35.5 Å². The first-order chi connectivity index (χ1) is 19.7. The highest BCUT2D eigenvalue weighted by Gasteiger charge is 2.46. The summed E-state index contributed by atoms with van der Waals surface area (Å²) in [5.74, 6) is 0.199. The second-order valence-corrected chi connectivity index (χ2v) is 13.0. The summed E-state index contributed by atoms with van der Waals surface area (Å²) in [6, 6.07) is 0.0527. The van der Waals surface area contributed by atoms with Gasteiger partial charge in [-0.2, -0.15) is 8.78 Å². The van der Waals surface area contributed by atoms with Crippen LogP contribution in [0, 0.1) is 40.9 Å². The van der Waals surface area contributed by atoms with Crippen molar-refractivity contribution in [1.29, 1.82) is 5.41 Å². The van der Waals surface area contributed by atoms with Crippen molar-refractivity contribution in [3.63, 3.8) is 0 Å². The minimum absolute atomic E-state index is 0.0129. The zero-order chi connectivity index (χ0) is 29.1. The first kappa shape index (κ1) is 30.6. The molecule has 8 nitrogen and oxygen atoms in total. The van der Waals surface area contributed by atoms with Gasteiger partial charge < -0.3 is 23.9 Å². The molecule has 9 unspecified atom stereocenters. The van der Waals surface area contributed by atoms with Crippen LogP contribution in [0.2, 0.25) is 0 Å². The highest BCUT2D eigenvalue weighted by molar-refractivity contribution is 5.79. The van der Waals surface area contributed by atoms with Gasteiger partial charge >= 0.3 is 6.61 Å². The Morgan fingerprint density at radius 3 is 2.37 bits per heavy atom. The molecule has 9 atom stereocenters. The van der Waals surface area contributed by atoms with Gasteiger partial charge in [0, 0.05) is 45.3 Å². The third-order valence-electron chi connectivity index (χ3n) is 10.3. The number of carbonyl (C=O) groups is 1. The summed E-state index contributed by atoms with van der Waals surface area (Å²) >= 11 is 0. The lowest BCUT2D eigenvalue weighted by molar-refractivity contribution is -0.196. The normalized spacial score (nSPS) is 37.2. The van der Waals surface area contributed by atoms with Gasteiger partial charge in [-0.05, 0) is 93.8 Å². The third kappa shape index (κ3) is 7.76. The number of nitrogens with zero attached hydrogens (tertiary/aromatic N) is 1. The molecule has 0 aromatic carbocycles. The first-order valence-corrected chi connectivity index (χ1v) is 15.4. The van der Waals surface area contributed by atoms with E-state index >= 15 is 0 Å². The van der Waals surface area contributed by atoms with Gasteiger partial charge in [0.25, 0.3) is 5.68 Å². The Balaban J connectivity index is 1.33. The SMILES string of the molecule is COC1CC(OC)CC(C(NC(=O)C2CC(Cn3ccoc3=N)CC(C3CCC(F)CC3OC(F)F)C2)C2CC2)C1. The molecule has 0 bridgehead atoms. The Morgan fingerprint density at radius 2 is 1.76 bits per heavy atom. The van der Waals surface area contributed by atoms with Crippen LogP contribution in [0.5, 0.6) is 0 Å². The molecular weight excluding hydrogens is 539 g/mol. The van der Waals surface area contributed by atoms with Crippen molar-refractivity contribution in [3.8, 4) is 0 Å². The average molecular weight is 586 g/mol. The number of hydrogen-bond acceptors (Lipinski definition) is 6. The van der Waals surface area contributed by atoms with Crippen LogP contribution < -0.4 is 11.0 Å². The van der Waals surface area contributed by atoms with E-state index in [0.29, 0.717) is 44.6 Å². The minimum atomic E-state index is -2.96. The molecule has 232 valence electrons. The smallest absolute Gasteiger partial charge is 0.345 e. The van der Waals surface area contributed by atoms with E-state index in [0.717, 1.165) is 32.1 Å². The molecule has 0 saturated heterocycles. The molecular formula is C30H46F3N3O5. The zero-order valence-electron chi connectivity index (χ0n) is 24.2. The van der Waals surface area contributed by atoms with Gasteiger partial charge in [0.05, 0.1) is 18.3 Å². The summed E-state index contributed by atoms with van der Waals surface area (Å²) in [5, 5.41) is 11.5. The van der Waals surface area contributed by atoms with E-state index in [1.54, 1.807) is 25.0 Å². The number of nitrogens with one attached hydrogen (secondary N) is 2. The Kier molecular flexibility index (Phi) is 10.2. The van der Waals surface area contributed by atoms with Crippen LogP contribution in [0.4, 0.5) is 13.2 Å². The molecule has 41 heavy (non-hydrogen) atoms. The standard InChI is InChI=1S/C30H46F3N3O5/c1-38-23-12-20(13-24(15-23)39-2)27(18-3-4-18)35-28(37)21-10-17(16-36-7-8-40-30(36)34)9-19(11-21)25-6-5-22(31)14-26(25)41-29(32)33/h7-8,17-27,29,34H,3-6,9-16H2,1-2H3,(H,35,37). The third-order valence-corrected chi connectivity index (χ3v) is 10.3. The van der Waals surface area contributed by atoms with E-state index in [1.165, 1.54) is 6.26 Å². The Hall–Kier alpha value is -1.85. The fraction of sp³-hybridized carbons (Fsp3) is 0.867. The number of carbonyl (C=O) groups excluding carboxylic acids is 1. The van der Waals surface area contributed by atoms with Crippen LogP contribution in [-0.4, -0.2) is 61.8 Å². The number of aromatic nitrogens is 1. The van der Waals surface area contributed by atoms with Crippen molar-refractivity contribution in [2.75, 3.05) is 14.2 Å². The van der Waals surface area contributed by atoms with E-state index in [1.807, 2.05) is 0 Å². The summed E-state index contributed by atoms with van der Waals surface area (Å²) in [4.78, 5) is 14.0. The summed E-state index contributed by atoms with van der Waals surface area (Å²) < 4.78 is 64.2. The molecule has 0 aliphatic heterocycles. The van der Waals surface area contributed by atoms with Crippen molar-refractivity contribution in [2.45, 2.75) is 114 Å². The van der Waals surface area contributed by atoms with Crippen LogP contribution in [0.3, 0.4) is 0 Å². The predicted molar refractivity (Wildman–Crippen MR) is 144 cm³/mol. The van der Waals surface area contributed by atoms with E-state index < -0.39 is 18.9 Å². The lowest BCUT2D eigenvalue weighted by atomic mass is 9.65. The predicted octanol–water partition coefficient (Wildman–Crippen LogP) is 5.06. The van der Waals surface area contributed by atoms with Crippen molar-refractivity contribution < 1.29 is 36.6 Å². The summed E-state index contributed by atoms with van der Waals surface area (Å²) in [5.41, 5.74) is 0.0384. The maximum Gasteiger partial charge on any atom is 0.345 e. The summed E-state index contributed by atoms with van der Waals surface area (Å²) in [6.07, 6.45) is 8.86. The Morgan fingerprint density at radius 1 is 1.02 bits per heavy atom. The molecule has 4 aliphatic carbocycles. The van der Waals surface area contributed by atoms with E-state index in [9.17, 15) is 18.0 Å². The molecule has 2 N–H and O–H groups in total. The van der Waals surface area contributed by atoms with Gasteiger partial charge in [-0.1, -0.05) is 0 Å².